The fourth-order valence-electron chi connectivity index (χ4n) is 3.47. The third-order valence-electron chi connectivity index (χ3n) is 5.24. The van der Waals surface area contributed by atoms with Gasteiger partial charge in [0.15, 0.2) is 6.39 Å². The first-order valence-electron chi connectivity index (χ1n) is 7.89. The Morgan fingerprint density at radius 1 is 1.43 bits per heavy atom. The van der Waals surface area contributed by atoms with Gasteiger partial charge in [-0.3, -0.25) is 4.79 Å². The molecule has 2 heterocycles. The molecule has 0 spiro atoms. The molecule has 5 nitrogen and oxygen atoms in total. The summed E-state index contributed by atoms with van der Waals surface area (Å²) in [7, 11) is 4.36. The first-order chi connectivity index (χ1) is 10.0. The minimum atomic E-state index is -0.0104. The Morgan fingerprint density at radius 3 is 2.57 bits per heavy atom. The van der Waals surface area contributed by atoms with Crippen LogP contribution in [0.5, 0.6) is 0 Å². The highest BCUT2D eigenvalue weighted by atomic mass is 16.3. The molecule has 1 amide bonds. The highest BCUT2D eigenvalue weighted by molar-refractivity contribution is 5.92. The number of rotatable bonds is 4. The van der Waals surface area contributed by atoms with Gasteiger partial charge in [-0.15, -0.1) is 0 Å². The van der Waals surface area contributed by atoms with Gasteiger partial charge in [-0.05, 0) is 46.2 Å². The van der Waals surface area contributed by atoms with Crippen LogP contribution in [0.2, 0.25) is 0 Å². The van der Waals surface area contributed by atoms with Gasteiger partial charge in [0, 0.05) is 18.6 Å². The van der Waals surface area contributed by atoms with Crippen molar-refractivity contribution < 1.29 is 9.21 Å². The Balaban J connectivity index is 1.66. The van der Waals surface area contributed by atoms with Crippen molar-refractivity contribution in [2.45, 2.75) is 44.6 Å². The minimum absolute atomic E-state index is 0.0104. The van der Waals surface area contributed by atoms with E-state index >= 15 is 0 Å². The second kappa shape index (κ2) is 5.44. The van der Waals surface area contributed by atoms with Crippen LogP contribution < -0.4 is 0 Å². The summed E-state index contributed by atoms with van der Waals surface area (Å²) in [6.45, 7) is 3.44. The summed E-state index contributed by atoms with van der Waals surface area (Å²) < 4.78 is 5.24. The van der Waals surface area contributed by atoms with Gasteiger partial charge in [-0.25, -0.2) is 4.98 Å². The maximum Gasteiger partial charge on any atom is 0.291 e. The third-order valence-corrected chi connectivity index (χ3v) is 5.24. The summed E-state index contributed by atoms with van der Waals surface area (Å²) in [4.78, 5) is 20.8. The molecule has 2 fully saturated rings. The Labute approximate surface area is 126 Å². The number of likely N-dealkylation sites (tertiary alicyclic amines) is 1. The standard InChI is InChI=1S/C16H25N3O2/c1-12-14(21-11-17-12)15(20)19-8-6-16(7-9-19,18(2)3)10-13-4-5-13/h11,13H,4-10H2,1-3H3. The van der Waals surface area contributed by atoms with Crippen molar-refractivity contribution in [3.05, 3.63) is 17.8 Å². The summed E-state index contributed by atoms with van der Waals surface area (Å²) >= 11 is 0. The molecular weight excluding hydrogens is 266 g/mol. The SMILES string of the molecule is Cc1ncoc1C(=O)N1CCC(CC2CC2)(N(C)C)CC1. The normalized spacial score (nSPS) is 21.8. The number of hydrogen-bond donors (Lipinski definition) is 0. The molecule has 1 saturated carbocycles. The molecule has 0 unspecified atom stereocenters. The van der Waals surface area contributed by atoms with Crippen LogP contribution in [-0.2, 0) is 0 Å². The van der Waals surface area contributed by atoms with E-state index in [1.54, 1.807) is 0 Å². The zero-order chi connectivity index (χ0) is 15.0. The van der Waals surface area contributed by atoms with Crippen molar-refractivity contribution in [2.24, 2.45) is 5.92 Å². The lowest BCUT2D eigenvalue weighted by Crippen LogP contribution is -2.54. The van der Waals surface area contributed by atoms with Gasteiger partial charge in [0.25, 0.3) is 5.91 Å². The topological polar surface area (TPSA) is 49.6 Å². The highest BCUT2D eigenvalue weighted by Crippen LogP contribution is 2.42. The van der Waals surface area contributed by atoms with Crippen molar-refractivity contribution in [1.82, 2.24) is 14.8 Å². The summed E-state index contributed by atoms with van der Waals surface area (Å²) in [5.74, 6) is 1.30. The second-order valence-corrected chi connectivity index (χ2v) is 6.83. The molecule has 0 aromatic carbocycles. The van der Waals surface area contributed by atoms with Crippen molar-refractivity contribution in [3.8, 4) is 0 Å². The number of oxazole rings is 1. The number of piperidine rings is 1. The van der Waals surface area contributed by atoms with Gasteiger partial charge in [-0.2, -0.15) is 0 Å². The van der Waals surface area contributed by atoms with Crippen molar-refractivity contribution >= 4 is 5.91 Å². The predicted molar refractivity (Wildman–Crippen MR) is 80.1 cm³/mol. The third kappa shape index (κ3) is 2.84. The van der Waals surface area contributed by atoms with E-state index in [1.807, 2.05) is 11.8 Å². The Kier molecular flexibility index (Phi) is 3.78. The van der Waals surface area contributed by atoms with E-state index in [0.29, 0.717) is 11.5 Å². The van der Waals surface area contributed by atoms with E-state index in [2.05, 4.69) is 24.0 Å². The number of aryl methyl sites for hydroxylation is 1. The molecule has 116 valence electrons. The number of carbonyl (C=O) groups is 1. The van der Waals surface area contributed by atoms with E-state index in [1.165, 1.54) is 25.7 Å². The zero-order valence-electron chi connectivity index (χ0n) is 13.3. The van der Waals surface area contributed by atoms with E-state index in [-0.39, 0.29) is 11.4 Å². The lowest BCUT2D eigenvalue weighted by Gasteiger charge is -2.46. The minimum Gasteiger partial charge on any atom is -0.438 e. The Hall–Kier alpha value is -1.36. The molecule has 1 aliphatic carbocycles. The van der Waals surface area contributed by atoms with Crippen LogP contribution in [0.3, 0.4) is 0 Å². The molecule has 21 heavy (non-hydrogen) atoms. The first kappa shape index (κ1) is 14.6. The molecule has 1 aromatic rings. The van der Waals surface area contributed by atoms with E-state index in [4.69, 9.17) is 4.42 Å². The number of aromatic nitrogens is 1. The van der Waals surface area contributed by atoms with Crippen molar-refractivity contribution in [1.29, 1.82) is 0 Å². The van der Waals surface area contributed by atoms with Gasteiger partial charge >= 0.3 is 0 Å². The summed E-state index contributed by atoms with van der Waals surface area (Å²) in [5, 5.41) is 0. The number of hydrogen-bond acceptors (Lipinski definition) is 4. The number of carbonyl (C=O) groups excluding carboxylic acids is 1. The number of nitrogens with zero attached hydrogens (tertiary/aromatic N) is 3. The molecular formula is C16H25N3O2. The van der Waals surface area contributed by atoms with Crippen LogP contribution in [0.1, 0.15) is 48.4 Å². The van der Waals surface area contributed by atoms with Crippen LogP contribution in [0.4, 0.5) is 0 Å². The van der Waals surface area contributed by atoms with Crippen LogP contribution >= 0.6 is 0 Å². The van der Waals surface area contributed by atoms with E-state index in [0.717, 1.165) is 31.8 Å². The van der Waals surface area contributed by atoms with Crippen molar-refractivity contribution in [2.75, 3.05) is 27.2 Å². The quantitative estimate of drug-likeness (QED) is 0.854. The summed E-state index contributed by atoms with van der Waals surface area (Å²) in [6.07, 6.45) is 7.50. The van der Waals surface area contributed by atoms with E-state index < -0.39 is 0 Å². The molecule has 0 radical (unpaired) electrons. The van der Waals surface area contributed by atoms with E-state index in [9.17, 15) is 4.79 Å². The molecule has 0 atom stereocenters. The van der Waals surface area contributed by atoms with Crippen LogP contribution in [-0.4, -0.2) is 53.4 Å². The van der Waals surface area contributed by atoms with Gasteiger partial charge < -0.3 is 14.2 Å². The van der Waals surface area contributed by atoms with Gasteiger partial charge in [-0.1, -0.05) is 12.8 Å². The molecule has 3 rings (SSSR count). The second-order valence-electron chi connectivity index (χ2n) is 6.83. The van der Waals surface area contributed by atoms with Gasteiger partial charge in [0.2, 0.25) is 5.76 Å². The maximum absolute atomic E-state index is 12.5. The number of amides is 1. The van der Waals surface area contributed by atoms with Crippen molar-refractivity contribution in [3.63, 3.8) is 0 Å². The maximum atomic E-state index is 12.5. The summed E-state index contributed by atoms with van der Waals surface area (Å²) in [6, 6.07) is 0. The fourth-order valence-corrected chi connectivity index (χ4v) is 3.47. The Morgan fingerprint density at radius 2 is 2.10 bits per heavy atom. The van der Waals surface area contributed by atoms with Crippen LogP contribution in [0, 0.1) is 12.8 Å². The average molecular weight is 291 g/mol. The van der Waals surface area contributed by atoms with Gasteiger partial charge in [0.1, 0.15) is 0 Å². The van der Waals surface area contributed by atoms with Crippen LogP contribution in [0.25, 0.3) is 0 Å². The van der Waals surface area contributed by atoms with Crippen LogP contribution in [0.15, 0.2) is 10.8 Å². The first-order valence-corrected chi connectivity index (χ1v) is 7.89. The summed E-state index contributed by atoms with van der Waals surface area (Å²) in [5.41, 5.74) is 0.955. The monoisotopic (exact) mass is 291 g/mol. The molecule has 1 aromatic heterocycles. The van der Waals surface area contributed by atoms with Gasteiger partial charge in [0.05, 0.1) is 5.69 Å². The lowest BCUT2D eigenvalue weighted by atomic mass is 9.81. The molecule has 5 heteroatoms. The zero-order valence-corrected chi connectivity index (χ0v) is 13.3. The molecule has 0 N–H and O–H groups in total. The predicted octanol–water partition coefficient (Wildman–Crippen LogP) is 2.32. The molecule has 1 saturated heterocycles. The smallest absolute Gasteiger partial charge is 0.291 e. The highest BCUT2D eigenvalue weighted by Gasteiger charge is 2.42. The fraction of sp³-hybridized carbons (Fsp3) is 0.750. The lowest BCUT2D eigenvalue weighted by molar-refractivity contribution is 0.0343. The molecule has 0 bridgehead atoms. The largest absolute Gasteiger partial charge is 0.438 e. The Bertz CT molecular complexity index is 511. The molecule has 2 aliphatic rings. The average Bonchev–Trinajstić information content (AvgIpc) is 3.17. The molecule has 1 aliphatic heterocycles.